The summed E-state index contributed by atoms with van der Waals surface area (Å²) in [5.41, 5.74) is 0.150. The number of para-hydroxylation sites is 1. The first-order valence-electron chi connectivity index (χ1n) is 12.2. The van der Waals surface area contributed by atoms with Crippen molar-refractivity contribution in [3.63, 3.8) is 0 Å². The fraction of sp³-hybridized carbons (Fsp3) is 0.385. The number of hydrogen-bond acceptors (Lipinski definition) is 8. The Balaban J connectivity index is 1.49. The number of thiazole rings is 1. The van der Waals surface area contributed by atoms with Crippen LogP contribution in [0.15, 0.2) is 48.9 Å². The van der Waals surface area contributed by atoms with Crippen LogP contribution in [0.3, 0.4) is 0 Å². The smallest absolute Gasteiger partial charge is 0.435 e. The summed E-state index contributed by atoms with van der Waals surface area (Å²) >= 11 is 0.859. The van der Waals surface area contributed by atoms with Crippen molar-refractivity contribution in [2.24, 2.45) is 0 Å². The Morgan fingerprint density at radius 2 is 1.82 bits per heavy atom. The second-order valence-corrected chi connectivity index (χ2v) is 10.9. The summed E-state index contributed by atoms with van der Waals surface area (Å²) in [5.74, 6) is 0.971. The molecular weight excluding hydrogens is 517 g/mol. The molecule has 1 aliphatic rings. The molecule has 0 amide bonds. The first-order valence-corrected chi connectivity index (χ1v) is 13.0. The van der Waals surface area contributed by atoms with Crippen LogP contribution < -0.4 is 10.1 Å². The lowest BCUT2D eigenvalue weighted by Crippen LogP contribution is -2.21. The molecule has 200 valence electrons. The van der Waals surface area contributed by atoms with Gasteiger partial charge in [0.25, 0.3) is 0 Å². The molecule has 1 saturated heterocycles. The van der Waals surface area contributed by atoms with Crippen molar-refractivity contribution in [1.29, 1.82) is 0 Å². The molecule has 0 saturated carbocycles. The molecule has 1 N–H and O–H groups in total. The first kappa shape index (κ1) is 26.1. The molecular formula is C26H27F3N6O2S. The van der Waals surface area contributed by atoms with Crippen molar-refractivity contribution in [2.75, 3.05) is 18.5 Å². The molecule has 5 rings (SSSR count). The Morgan fingerprint density at radius 3 is 2.55 bits per heavy atom. The van der Waals surface area contributed by atoms with Gasteiger partial charge in [0.05, 0.1) is 6.04 Å². The molecule has 4 aromatic rings. The number of rotatable bonds is 6. The summed E-state index contributed by atoms with van der Waals surface area (Å²) in [7, 11) is 0. The van der Waals surface area contributed by atoms with Gasteiger partial charge in [0, 0.05) is 25.0 Å². The van der Waals surface area contributed by atoms with Crippen LogP contribution in [0, 0.1) is 0 Å². The summed E-state index contributed by atoms with van der Waals surface area (Å²) in [6.07, 6.45) is -0.553. The average Bonchev–Trinajstić information content (AvgIpc) is 3.53. The Hall–Kier alpha value is -3.51. The highest BCUT2D eigenvalue weighted by atomic mass is 32.1. The number of alkyl halides is 3. The van der Waals surface area contributed by atoms with Gasteiger partial charge in [0.15, 0.2) is 16.6 Å². The van der Waals surface area contributed by atoms with Crippen LogP contribution in [0.4, 0.5) is 24.0 Å². The highest BCUT2D eigenvalue weighted by Crippen LogP contribution is 2.44. The van der Waals surface area contributed by atoms with E-state index in [2.05, 4.69) is 46.1 Å². The number of halogens is 3. The van der Waals surface area contributed by atoms with Gasteiger partial charge in [-0.25, -0.2) is 19.6 Å². The van der Waals surface area contributed by atoms with Gasteiger partial charge in [-0.2, -0.15) is 18.3 Å². The third-order valence-electron chi connectivity index (χ3n) is 6.12. The largest absolute Gasteiger partial charge is 0.437 e. The van der Waals surface area contributed by atoms with E-state index < -0.39 is 11.9 Å². The van der Waals surface area contributed by atoms with E-state index in [4.69, 9.17) is 9.47 Å². The number of ether oxygens (including phenoxy) is 2. The molecule has 0 atom stereocenters. The molecule has 12 heteroatoms. The Morgan fingerprint density at radius 1 is 1.05 bits per heavy atom. The van der Waals surface area contributed by atoms with Crippen LogP contribution in [-0.4, -0.2) is 37.9 Å². The number of benzene rings is 1. The average molecular weight is 545 g/mol. The minimum Gasteiger partial charge on any atom is -0.437 e. The van der Waals surface area contributed by atoms with E-state index in [-0.39, 0.29) is 33.2 Å². The maximum absolute atomic E-state index is 14.1. The first-order chi connectivity index (χ1) is 18.1. The summed E-state index contributed by atoms with van der Waals surface area (Å²) < 4.78 is 55.4. The van der Waals surface area contributed by atoms with Crippen molar-refractivity contribution in [3.8, 4) is 22.3 Å². The maximum Gasteiger partial charge on any atom is 0.435 e. The zero-order chi connectivity index (χ0) is 26.9. The summed E-state index contributed by atoms with van der Waals surface area (Å²) in [4.78, 5) is 12.3. The van der Waals surface area contributed by atoms with E-state index in [0.29, 0.717) is 37.5 Å². The quantitative estimate of drug-likeness (QED) is 0.280. The molecule has 8 nitrogen and oxygen atoms in total. The standard InChI is InChI=1S/C26H27F3N6O2S/c1-25(2,3)17-7-4-5-9-19(17)37-23-18(8-6-12-30-23)33-24-34-21(26(27,28)29)20(38-24)22-31-15-32-35(22)16-10-13-36-14-11-16/h4-9,12,15-16H,10-11,13-14H2,1-3H3,(H,33,34). The third kappa shape index (κ3) is 5.51. The van der Waals surface area contributed by atoms with Gasteiger partial charge >= 0.3 is 6.18 Å². The molecule has 0 unspecified atom stereocenters. The van der Waals surface area contributed by atoms with Crippen molar-refractivity contribution >= 4 is 22.2 Å². The van der Waals surface area contributed by atoms with Gasteiger partial charge < -0.3 is 14.8 Å². The molecule has 1 aliphatic heterocycles. The van der Waals surface area contributed by atoms with E-state index in [1.807, 2.05) is 24.3 Å². The van der Waals surface area contributed by atoms with Gasteiger partial charge in [-0.05, 0) is 36.5 Å². The number of nitrogens with zero attached hydrogens (tertiary/aromatic N) is 5. The van der Waals surface area contributed by atoms with Crippen LogP contribution in [0.5, 0.6) is 11.6 Å². The van der Waals surface area contributed by atoms with Crippen LogP contribution in [0.1, 0.15) is 50.9 Å². The van der Waals surface area contributed by atoms with Gasteiger partial charge in [0.1, 0.15) is 22.6 Å². The molecule has 0 bridgehead atoms. The minimum absolute atomic E-state index is 0.0378. The van der Waals surface area contributed by atoms with Crippen LogP contribution in [0.2, 0.25) is 0 Å². The molecule has 0 aliphatic carbocycles. The molecule has 1 aromatic carbocycles. The number of aromatic nitrogens is 5. The fourth-order valence-corrected chi connectivity index (χ4v) is 5.28. The van der Waals surface area contributed by atoms with Crippen molar-refractivity contribution < 1.29 is 22.6 Å². The van der Waals surface area contributed by atoms with Crippen LogP contribution in [-0.2, 0) is 16.3 Å². The lowest BCUT2D eigenvalue weighted by atomic mass is 9.86. The maximum atomic E-state index is 14.1. The van der Waals surface area contributed by atoms with Crippen molar-refractivity contribution in [1.82, 2.24) is 24.7 Å². The van der Waals surface area contributed by atoms with Crippen LogP contribution >= 0.6 is 11.3 Å². The summed E-state index contributed by atoms with van der Waals surface area (Å²) in [6, 6.07) is 10.9. The predicted molar refractivity (Wildman–Crippen MR) is 138 cm³/mol. The minimum atomic E-state index is -4.68. The molecule has 3 aromatic heterocycles. The molecule has 1 fully saturated rings. The summed E-state index contributed by atoms with van der Waals surface area (Å²) in [6.45, 7) is 7.26. The predicted octanol–water partition coefficient (Wildman–Crippen LogP) is 7.00. The molecule has 4 heterocycles. The number of hydrogen-bond donors (Lipinski definition) is 1. The van der Waals surface area contributed by atoms with E-state index in [0.717, 1.165) is 16.9 Å². The normalized spacial score (nSPS) is 15.0. The van der Waals surface area contributed by atoms with Gasteiger partial charge in [-0.3, -0.25) is 0 Å². The Bertz CT molecular complexity index is 1410. The SMILES string of the molecule is CC(C)(C)c1ccccc1Oc1ncccc1Nc1nc(C(F)(F)F)c(-c2ncnn2C2CCOCC2)s1. The zero-order valence-electron chi connectivity index (χ0n) is 21.1. The number of pyridine rings is 1. The molecule has 0 radical (unpaired) electrons. The topological polar surface area (TPSA) is 87.0 Å². The van der Waals surface area contributed by atoms with Gasteiger partial charge in [0.2, 0.25) is 5.88 Å². The van der Waals surface area contributed by atoms with E-state index in [1.165, 1.54) is 6.33 Å². The Kier molecular flexibility index (Phi) is 7.10. The highest BCUT2D eigenvalue weighted by molar-refractivity contribution is 7.19. The van der Waals surface area contributed by atoms with Gasteiger partial charge in [-0.15, -0.1) is 0 Å². The van der Waals surface area contributed by atoms with E-state index in [9.17, 15) is 13.2 Å². The molecule has 0 spiro atoms. The monoisotopic (exact) mass is 544 g/mol. The van der Waals surface area contributed by atoms with Gasteiger partial charge in [-0.1, -0.05) is 50.3 Å². The highest BCUT2D eigenvalue weighted by Gasteiger charge is 2.40. The number of nitrogens with one attached hydrogen (secondary N) is 1. The van der Waals surface area contributed by atoms with E-state index in [1.54, 1.807) is 23.0 Å². The fourth-order valence-electron chi connectivity index (χ4n) is 4.29. The van der Waals surface area contributed by atoms with Crippen LogP contribution in [0.25, 0.3) is 10.7 Å². The lowest BCUT2D eigenvalue weighted by Gasteiger charge is -2.23. The summed E-state index contributed by atoms with van der Waals surface area (Å²) in [5, 5.41) is 7.26. The second kappa shape index (κ2) is 10.3. The third-order valence-corrected chi connectivity index (χ3v) is 7.09. The Labute approximate surface area is 221 Å². The zero-order valence-corrected chi connectivity index (χ0v) is 21.9. The van der Waals surface area contributed by atoms with Crippen molar-refractivity contribution in [3.05, 3.63) is 60.2 Å². The van der Waals surface area contributed by atoms with E-state index >= 15 is 0 Å². The second-order valence-electron chi connectivity index (χ2n) is 9.90. The van der Waals surface area contributed by atoms with Crippen molar-refractivity contribution in [2.45, 2.75) is 51.2 Å². The number of anilines is 2. The molecule has 38 heavy (non-hydrogen) atoms. The lowest BCUT2D eigenvalue weighted by molar-refractivity contribution is -0.140.